The summed E-state index contributed by atoms with van der Waals surface area (Å²) in [6.07, 6.45) is 0. The van der Waals surface area contributed by atoms with Crippen LogP contribution in [0.1, 0.15) is 10.4 Å². The van der Waals surface area contributed by atoms with Crippen molar-refractivity contribution in [3.63, 3.8) is 0 Å². The van der Waals surface area contributed by atoms with Crippen LogP contribution in [0.4, 0.5) is 11.4 Å². The predicted molar refractivity (Wildman–Crippen MR) is 121 cm³/mol. The van der Waals surface area contributed by atoms with E-state index in [1.165, 1.54) is 18.2 Å². The maximum absolute atomic E-state index is 12.4. The Kier molecular flexibility index (Phi) is 7.50. The van der Waals surface area contributed by atoms with Gasteiger partial charge in [-0.05, 0) is 42.5 Å². The summed E-state index contributed by atoms with van der Waals surface area (Å²) >= 11 is 5.19. The molecule has 0 heterocycles. The van der Waals surface area contributed by atoms with Crippen LogP contribution in [0.5, 0.6) is 11.5 Å². The van der Waals surface area contributed by atoms with Gasteiger partial charge in [0.1, 0.15) is 30.3 Å². The number of para-hydroxylation sites is 4. The third-order valence-electron chi connectivity index (χ3n) is 4.06. The Bertz CT molecular complexity index is 1080. The summed E-state index contributed by atoms with van der Waals surface area (Å²) in [5.74, 6) is 0.581. The number of nitrogens with zero attached hydrogens (tertiary/aromatic N) is 1. The fraction of sp³-hybridized carbons (Fsp3) is 0.0909. The van der Waals surface area contributed by atoms with E-state index >= 15 is 0 Å². The number of ether oxygens (including phenoxy) is 2. The summed E-state index contributed by atoms with van der Waals surface area (Å²) < 4.78 is 11.3. The number of rotatable bonds is 8. The molecule has 2 N–H and O–H groups in total. The first kappa shape index (κ1) is 21.7. The molecule has 3 rings (SSSR count). The molecule has 3 aromatic rings. The molecule has 31 heavy (non-hydrogen) atoms. The highest BCUT2D eigenvalue weighted by Crippen LogP contribution is 2.24. The van der Waals surface area contributed by atoms with E-state index in [0.717, 1.165) is 5.75 Å². The van der Waals surface area contributed by atoms with Crippen LogP contribution in [-0.4, -0.2) is 29.2 Å². The maximum atomic E-state index is 12.4. The zero-order valence-corrected chi connectivity index (χ0v) is 17.1. The molecule has 0 aliphatic carbocycles. The van der Waals surface area contributed by atoms with Gasteiger partial charge in [-0.2, -0.15) is 0 Å². The van der Waals surface area contributed by atoms with Crippen molar-refractivity contribution >= 4 is 34.6 Å². The number of benzene rings is 3. The number of nitrogens with one attached hydrogen (secondary N) is 2. The second-order valence-corrected chi connectivity index (χ2v) is 6.60. The number of hydrogen-bond donors (Lipinski definition) is 2. The lowest BCUT2D eigenvalue weighted by Crippen LogP contribution is -2.34. The molecular formula is C22H19N3O5S. The Morgan fingerprint density at radius 3 is 2.32 bits per heavy atom. The SMILES string of the molecule is O=C(NC(=S)Nc1ccccc1OCCOc1ccccc1)c1ccccc1[N+](=O)[O-]. The third-order valence-corrected chi connectivity index (χ3v) is 4.26. The van der Waals surface area contributed by atoms with Gasteiger partial charge in [-0.1, -0.05) is 42.5 Å². The summed E-state index contributed by atoms with van der Waals surface area (Å²) in [5.41, 5.74) is 0.152. The quantitative estimate of drug-likeness (QED) is 0.236. The fourth-order valence-electron chi connectivity index (χ4n) is 2.67. The number of thiocarbonyl (C=S) groups is 1. The molecule has 0 saturated carbocycles. The molecule has 0 spiro atoms. The number of amides is 1. The van der Waals surface area contributed by atoms with Gasteiger partial charge in [0.25, 0.3) is 11.6 Å². The number of hydrogen-bond acceptors (Lipinski definition) is 6. The van der Waals surface area contributed by atoms with Gasteiger partial charge in [0, 0.05) is 6.07 Å². The Labute approximate surface area is 184 Å². The highest BCUT2D eigenvalue weighted by Gasteiger charge is 2.20. The van der Waals surface area contributed by atoms with Gasteiger partial charge >= 0.3 is 0 Å². The summed E-state index contributed by atoms with van der Waals surface area (Å²) in [6, 6.07) is 22.1. The maximum Gasteiger partial charge on any atom is 0.282 e. The molecule has 8 nitrogen and oxygen atoms in total. The van der Waals surface area contributed by atoms with Crippen LogP contribution in [0.3, 0.4) is 0 Å². The summed E-state index contributed by atoms with van der Waals surface area (Å²) in [5, 5.41) is 16.4. The van der Waals surface area contributed by atoms with Crippen LogP contribution in [0.25, 0.3) is 0 Å². The minimum Gasteiger partial charge on any atom is -0.490 e. The largest absolute Gasteiger partial charge is 0.490 e. The van der Waals surface area contributed by atoms with Crippen LogP contribution >= 0.6 is 12.2 Å². The van der Waals surface area contributed by atoms with E-state index in [0.29, 0.717) is 24.7 Å². The molecule has 0 saturated heterocycles. The van der Waals surface area contributed by atoms with Crippen LogP contribution < -0.4 is 20.1 Å². The van der Waals surface area contributed by atoms with Crippen molar-refractivity contribution in [1.82, 2.24) is 5.32 Å². The monoisotopic (exact) mass is 437 g/mol. The first-order valence-electron chi connectivity index (χ1n) is 9.30. The Balaban J connectivity index is 1.57. The highest BCUT2D eigenvalue weighted by atomic mass is 32.1. The number of anilines is 1. The van der Waals surface area contributed by atoms with Crippen molar-refractivity contribution in [3.05, 3.63) is 94.5 Å². The molecule has 0 unspecified atom stereocenters. The molecular weight excluding hydrogens is 418 g/mol. The van der Waals surface area contributed by atoms with E-state index in [1.54, 1.807) is 30.3 Å². The number of carbonyl (C=O) groups is 1. The smallest absolute Gasteiger partial charge is 0.282 e. The first-order valence-corrected chi connectivity index (χ1v) is 9.71. The van der Waals surface area contributed by atoms with Gasteiger partial charge in [-0.15, -0.1) is 0 Å². The number of nitro benzene ring substituents is 1. The topological polar surface area (TPSA) is 103 Å². The van der Waals surface area contributed by atoms with Crippen molar-refractivity contribution in [3.8, 4) is 11.5 Å². The molecule has 0 aliphatic rings. The molecule has 0 bridgehead atoms. The molecule has 158 valence electrons. The lowest BCUT2D eigenvalue weighted by Gasteiger charge is -2.14. The van der Waals surface area contributed by atoms with Gasteiger partial charge in [0.2, 0.25) is 0 Å². The van der Waals surface area contributed by atoms with E-state index in [4.69, 9.17) is 21.7 Å². The van der Waals surface area contributed by atoms with Gasteiger partial charge in [0.05, 0.1) is 10.6 Å². The Morgan fingerprint density at radius 2 is 1.55 bits per heavy atom. The molecule has 0 radical (unpaired) electrons. The number of nitro groups is 1. The van der Waals surface area contributed by atoms with E-state index < -0.39 is 10.8 Å². The van der Waals surface area contributed by atoms with Crippen molar-refractivity contribution in [2.75, 3.05) is 18.5 Å². The summed E-state index contributed by atoms with van der Waals surface area (Å²) in [6.45, 7) is 0.639. The minimum absolute atomic E-state index is 0.0141. The standard InChI is InChI=1S/C22H19N3O5S/c26-21(17-10-4-6-12-19(17)25(27)28)24-22(31)23-18-11-5-7-13-20(18)30-15-14-29-16-8-2-1-3-9-16/h1-13H,14-15H2,(H2,23,24,26,31). The van der Waals surface area contributed by atoms with Crippen LogP contribution in [-0.2, 0) is 0 Å². The van der Waals surface area contributed by atoms with Crippen molar-refractivity contribution in [2.45, 2.75) is 0 Å². The zero-order chi connectivity index (χ0) is 22.1. The van der Waals surface area contributed by atoms with Crippen molar-refractivity contribution in [2.24, 2.45) is 0 Å². The molecule has 9 heteroatoms. The molecule has 0 aliphatic heterocycles. The van der Waals surface area contributed by atoms with Crippen LogP contribution in [0.2, 0.25) is 0 Å². The predicted octanol–water partition coefficient (Wildman–Crippen LogP) is 4.18. The second-order valence-electron chi connectivity index (χ2n) is 6.19. The Hall–Kier alpha value is -3.98. The normalized spacial score (nSPS) is 10.1. The Morgan fingerprint density at radius 1 is 0.903 bits per heavy atom. The van der Waals surface area contributed by atoms with Crippen molar-refractivity contribution < 1.29 is 19.2 Å². The summed E-state index contributed by atoms with van der Waals surface area (Å²) in [7, 11) is 0. The lowest BCUT2D eigenvalue weighted by atomic mass is 10.1. The van der Waals surface area contributed by atoms with Gasteiger partial charge in [-0.3, -0.25) is 20.2 Å². The van der Waals surface area contributed by atoms with Gasteiger partial charge < -0.3 is 14.8 Å². The van der Waals surface area contributed by atoms with Crippen molar-refractivity contribution in [1.29, 1.82) is 0 Å². The minimum atomic E-state index is -0.681. The second kappa shape index (κ2) is 10.7. The van der Waals surface area contributed by atoms with E-state index in [1.807, 2.05) is 30.3 Å². The number of carbonyl (C=O) groups excluding carboxylic acids is 1. The summed E-state index contributed by atoms with van der Waals surface area (Å²) in [4.78, 5) is 22.9. The molecule has 3 aromatic carbocycles. The highest BCUT2D eigenvalue weighted by molar-refractivity contribution is 7.80. The van der Waals surface area contributed by atoms with Gasteiger partial charge in [-0.25, -0.2) is 0 Å². The van der Waals surface area contributed by atoms with Crippen LogP contribution in [0, 0.1) is 10.1 Å². The van der Waals surface area contributed by atoms with Gasteiger partial charge in [0.15, 0.2) is 5.11 Å². The van der Waals surface area contributed by atoms with E-state index in [2.05, 4.69) is 10.6 Å². The average molecular weight is 437 g/mol. The zero-order valence-electron chi connectivity index (χ0n) is 16.3. The average Bonchev–Trinajstić information content (AvgIpc) is 2.78. The molecule has 0 atom stereocenters. The molecule has 0 fully saturated rings. The molecule has 0 aromatic heterocycles. The third kappa shape index (κ3) is 6.25. The van der Waals surface area contributed by atoms with E-state index in [9.17, 15) is 14.9 Å². The molecule has 1 amide bonds. The lowest BCUT2D eigenvalue weighted by molar-refractivity contribution is -0.385. The van der Waals surface area contributed by atoms with E-state index in [-0.39, 0.29) is 16.4 Å². The first-order chi connectivity index (χ1) is 15.0. The fourth-order valence-corrected chi connectivity index (χ4v) is 2.88. The van der Waals surface area contributed by atoms with Crippen LogP contribution in [0.15, 0.2) is 78.9 Å².